The number of nitrogens with zero attached hydrogens (tertiary/aromatic N) is 3. The molecule has 0 aliphatic heterocycles. The molecule has 0 unspecified atom stereocenters. The summed E-state index contributed by atoms with van der Waals surface area (Å²) in [5, 5.41) is 13.8. The van der Waals surface area contributed by atoms with Crippen LogP contribution in [0.3, 0.4) is 0 Å². The van der Waals surface area contributed by atoms with Gasteiger partial charge in [-0.05, 0) is 6.07 Å². The Morgan fingerprint density at radius 3 is 2.57 bits per heavy atom. The Hall–Kier alpha value is -1.52. The zero-order chi connectivity index (χ0) is 10.9. The van der Waals surface area contributed by atoms with Gasteiger partial charge in [-0.15, -0.1) is 0 Å². The number of rotatable bonds is 1. The summed E-state index contributed by atoms with van der Waals surface area (Å²) in [7, 11) is 1.46. The van der Waals surface area contributed by atoms with Gasteiger partial charge in [-0.2, -0.15) is 9.89 Å². The lowest BCUT2D eigenvalue weighted by atomic mass is 9.92. The molecule has 0 aliphatic carbocycles. The van der Waals surface area contributed by atoms with Gasteiger partial charge in [0.2, 0.25) is 0 Å². The van der Waals surface area contributed by atoms with Gasteiger partial charge in [0.1, 0.15) is 0 Å². The molecule has 0 radical (unpaired) electrons. The van der Waals surface area contributed by atoms with Crippen molar-refractivity contribution in [2.75, 3.05) is 12.1 Å². The second kappa shape index (κ2) is 3.32. The van der Waals surface area contributed by atoms with Crippen LogP contribution in [-0.4, -0.2) is 28.1 Å². The maximum absolute atomic E-state index is 10.7. The zero-order valence-corrected chi connectivity index (χ0v) is 8.85. The van der Waals surface area contributed by atoms with Crippen molar-refractivity contribution in [2.45, 2.75) is 26.2 Å². The third-order valence-corrected chi connectivity index (χ3v) is 1.95. The molecule has 0 bridgehead atoms. The van der Waals surface area contributed by atoms with E-state index in [2.05, 4.69) is 5.10 Å². The van der Waals surface area contributed by atoms with E-state index in [1.807, 2.05) is 26.8 Å². The van der Waals surface area contributed by atoms with Crippen LogP contribution in [0.15, 0.2) is 12.3 Å². The fourth-order valence-electron chi connectivity index (χ4n) is 1.17. The van der Waals surface area contributed by atoms with Gasteiger partial charge < -0.3 is 5.11 Å². The van der Waals surface area contributed by atoms with Crippen LogP contribution in [0.2, 0.25) is 0 Å². The molecular formula is C9H15N3O2. The van der Waals surface area contributed by atoms with Gasteiger partial charge in [-0.3, -0.25) is 0 Å². The minimum absolute atomic E-state index is 0.125. The first kappa shape index (κ1) is 10.6. The summed E-state index contributed by atoms with van der Waals surface area (Å²) in [5.41, 5.74) is 0.739. The molecule has 5 heteroatoms. The summed E-state index contributed by atoms with van der Waals surface area (Å²) in [5.74, 6) is 0. The third-order valence-electron chi connectivity index (χ3n) is 1.95. The average molecular weight is 197 g/mol. The highest BCUT2D eigenvalue weighted by atomic mass is 16.4. The molecule has 1 heterocycles. The van der Waals surface area contributed by atoms with Crippen molar-refractivity contribution >= 4 is 6.09 Å². The SMILES string of the molecule is CN(C(=O)O)n1nccc1C(C)(C)C. The highest BCUT2D eigenvalue weighted by Crippen LogP contribution is 2.21. The topological polar surface area (TPSA) is 58.4 Å². The van der Waals surface area contributed by atoms with Crippen molar-refractivity contribution in [3.8, 4) is 0 Å². The Labute approximate surface area is 82.9 Å². The van der Waals surface area contributed by atoms with Crippen LogP contribution in [0.5, 0.6) is 0 Å². The normalized spacial score (nSPS) is 11.4. The monoisotopic (exact) mass is 197 g/mol. The number of carbonyl (C=O) groups is 1. The Morgan fingerprint density at radius 1 is 1.57 bits per heavy atom. The van der Waals surface area contributed by atoms with Crippen LogP contribution in [0.4, 0.5) is 4.79 Å². The van der Waals surface area contributed by atoms with Crippen molar-refractivity contribution in [1.29, 1.82) is 0 Å². The Morgan fingerprint density at radius 2 is 2.14 bits per heavy atom. The first-order valence-corrected chi connectivity index (χ1v) is 4.35. The number of hydrogen-bond acceptors (Lipinski definition) is 2. The smallest absolute Gasteiger partial charge is 0.427 e. The fraction of sp³-hybridized carbons (Fsp3) is 0.556. The maximum atomic E-state index is 10.7. The molecule has 1 rings (SSSR count). The Kier molecular flexibility index (Phi) is 2.51. The first-order chi connectivity index (χ1) is 6.34. The van der Waals surface area contributed by atoms with Gasteiger partial charge in [0.05, 0.1) is 11.9 Å². The molecule has 0 atom stereocenters. The maximum Gasteiger partial charge on any atom is 0.427 e. The van der Waals surface area contributed by atoms with E-state index in [-0.39, 0.29) is 5.41 Å². The predicted molar refractivity (Wildman–Crippen MR) is 53.1 cm³/mol. The molecule has 1 amide bonds. The second-order valence-corrected chi connectivity index (χ2v) is 4.16. The molecule has 5 nitrogen and oxygen atoms in total. The summed E-state index contributed by atoms with van der Waals surface area (Å²) in [6.07, 6.45) is 0.569. The molecule has 0 aliphatic rings. The van der Waals surface area contributed by atoms with Crippen LogP contribution >= 0.6 is 0 Å². The van der Waals surface area contributed by atoms with Crippen molar-refractivity contribution in [2.24, 2.45) is 0 Å². The minimum Gasteiger partial charge on any atom is -0.464 e. The molecule has 0 spiro atoms. The molecule has 1 N–H and O–H groups in total. The summed E-state index contributed by atoms with van der Waals surface area (Å²) >= 11 is 0. The molecule has 78 valence electrons. The Balaban J connectivity index is 3.11. The lowest BCUT2D eigenvalue weighted by Gasteiger charge is -2.23. The fourth-order valence-corrected chi connectivity index (χ4v) is 1.17. The number of amides is 1. The summed E-state index contributed by atoms with van der Waals surface area (Å²) in [6, 6.07) is 1.82. The molecule has 0 aromatic carbocycles. The van der Waals surface area contributed by atoms with Crippen LogP contribution < -0.4 is 5.01 Å². The van der Waals surface area contributed by atoms with Crippen molar-refractivity contribution in [1.82, 2.24) is 9.89 Å². The van der Waals surface area contributed by atoms with Crippen molar-refractivity contribution in [3.05, 3.63) is 18.0 Å². The van der Waals surface area contributed by atoms with Crippen molar-refractivity contribution < 1.29 is 9.90 Å². The van der Waals surface area contributed by atoms with E-state index in [1.165, 1.54) is 11.8 Å². The lowest BCUT2D eigenvalue weighted by Crippen LogP contribution is -2.39. The van der Waals surface area contributed by atoms with Gasteiger partial charge in [0.15, 0.2) is 0 Å². The van der Waals surface area contributed by atoms with Crippen LogP contribution in [0, 0.1) is 0 Å². The van der Waals surface area contributed by atoms with Crippen LogP contribution in [0.25, 0.3) is 0 Å². The summed E-state index contributed by atoms with van der Waals surface area (Å²) in [4.78, 5) is 12.1. The zero-order valence-electron chi connectivity index (χ0n) is 8.85. The summed E-state index contributed by atoms with van der Waals surface area (Å²) in [6.45, 7) is 6.03. The second-order valence-electron chi connectivity index (χ2n) is 4.16. The van der Waals surface area contributed by atoms with Crippen LogP contribution in [0.1, 0.15) is 26.5 Å². The van der Waals surface area contributed by atoms with E-state index in [0.29, 0.717) is 0 Å². The number of aromatic nitrogens is 2. The molecule has 0 fully saturated rings. The lowest BCUT2D eigenvalue weighted by molar-refractivity contribution is 0.194. The van der Waals surface area contributed by atoms with E-state index in [0.717, 1.165) is 10.7 Å². The van der Waals surface area contributed by atoms with E-state index in [1.54, 1.807) is 6.20 Å². The molecule has 1 aromatic rings. The standard InChI is InChI=1S/C9H15N3O2/c1-9(2,3)7-5-6-10-12(7)11(4)8(13)14/h5-6H,1-4H3,(H,13,14). The van der Waals surface area contributed by atoms with E-state index in [4.69, 9.17) is 5.11 Å². The quantitative estimate of drug-likeness (QED) is 0.740. The van der Waals surface area contributed by atoms with E-state index < -0.39 is 6.09 Å². The van der Waals surface area contributed by atoms with Gasteiger partial charge in [-0.1, -0.05) is 20.8 Å². The van der Waals surface area contributed by atoms with Gasteiger partial charge >= 0.3 is 6.09 Å². The summed E-state index contributed by atoms with van der Waals surface area (Å²) < 4.78 is 0. The predicted octanol–water partition coefficient (Wildman–Crippen LogP) is 1.43. The molecule has 0 saturated carbocycles. The third kappa shape index (κ3) is 1.86. The minimum atomic E-state index is -1.03. The van der Waals surface area contributed by atoms with Crippen molar-refractivity contribution in [3.63, 3.8) is 0 Å². The Bertz CT molecular complexity index is 338. The first-order valence-electron chi connectivity index (χ1n) is 4.35. The van der Waals surface area contributed by atoms with Gasteiger partial charge in [-0.25, -0.2) is 9.80 Å². The number of hydrogen-bond donors (Lipinski definition) is 1. The highest BCUT2D eigenvalue weighted by molar-refractivity contribution is 5.75. The molecule has 14 heavy (non-hydrogen) atoms. The van der Waals surface area contributed by atoms with Gasteiger partial charge in [0, 0.05) is 12.5 Å². The van der Waals surface area contributed by atoms with Gasteiger partial charge in [0.25, 0.3) is 0 Å². The number of carboxylic acid groups (broad SMARTS) is 1. The van der Waals surface area contributed by atoms with E-state index in [9.17, 15) is 4.79 Å². The largest absolute Gasteiger partial charge is 0.464 e. The molecule has 1 aromatic heterocycles. The molecular weight excluding hydrogens is 182 g/mol. The highest BCUT2D eigenvalue weighted by Gasteiger charge is 2.22. The van der Waals surface area contributed by atoms with E-state index >= 15 is 0 Å². The average Bonchev–Trinajstić information content (AvgIpc) is 2.48. The molecule has 0 saturated heterocycles. The van der Waals surface area contributed by atoms with Crippen LogP contribution in [-0.2, 0) is 5.41 Å².